The molecule has 0 fully saturated rings. The molecule has 0 aliphatic rings. The van der Waals surface area contributed by atoms with Crippen molar-refractivity contribution in [3.63, 3.8) is 0 Å². The fraction of sp³-hybridized carbons (Fsp3) is 0.263. The Morgan fingerprint density at radius 1 is 1.12 bits per heavy atom. The fourth-order valence-electron chi connectivity index (χ4n) is 2.15. The summed E-state index contributed by atoms with van der Waals surface area (Å²) in [5.74, 6) is -0.816. The minimum absolute atomic E-state index is 0.0796. The molecule has 6 nitrogen and oxygen atoms in total. The Morgan fingerprint density at radius 2 is 1.81 bits per heavy atom. The summed E-state index contributed by atoms with van der Waals surface area (Å²) in [5.41, 5.74) is 1.21. The van der Waals surface area contributed by atoms with Crippen LogP contribution in [0.3, 0.4) is 0 Å². The van der Waals surface area contributed by atoms with E-state index in [4.69, 9.17) is 16.3 Å². The minimum atomic E-state index is -0.653. The first-order chi connectivity index (χ1) is 12.3. The van der Waals surface area contributed by atoms with Crippen LogP contribution in [0, 0.1) is 5.92 Å². The van der Waals surface area contributed by atoms with Crippen molar-refractivity contribution in [2.75, 3.05) is 11.9 Å². The van der Waals surface area contributed by atoms with Crippen LogP contribution >= 0.6 is 11.6 Å². The number of pyridine rings is 1. The first-order valence-corrected chi connectivity index (χ1v) is 8.44. The summed E-state index contributed by atoms with van der Waals surface area (Å²) in [6.07, 6.45) is 1.81. The van der Waals surface area contributed by atoms with E-state index in [2.05, 4.69) is 10.3 Å². The standard InChI is InChI=1S/C19H19ClN2O4/c1-12(2)9-18(24)22-15-5-3-13(4-6-15)16(23)11-26-19(25)14-7-8-21-17(20)10-14/h3-8,10,12H,9,11H2,1-2H3,(H,22,24). The van der Waals surface area contributed by atoms with Crippen molar-refractivity contribution in [3.8, 4) is 0 Å². The molecule has 0 bridgehead atoms. The molecular formula is C19H19ClN2O4. The number of anilines is 1. The first kappa shape index (κ1) is 19.6. The molecule has 7 heteroatoms. The predicted octanol–water partition coefficient (Wildman–Crippen LogP) is 3.76. The van der Waals surface area contributed by atoms with Gasteiger partial charge < -0.3 is 10.1 Å². The molecule has 136 valence electrons. The Bertz CT molecular complexity index is 803. The summed E-state index contributed by atoms with van der Waals surface area (Å²) in [7, 11) is 0. The summed E-state index contributed by atoms with van der Waals surface area (Å²) in [5, 5.41) is 2.93. The lowest BCUT2D eigenvalue weighted by molar-refractivity contribution is -0.116. The van der Waals surface area contributed by atoms with Gasteiger partial charge in [0.1, 0.15) is 5.15 Å². The summed E-state index contributed by atoms with van der Waals surface area (Å²) < 4.78 is 4.99. The van der Waals surface area contributed by atoms with Crippen molar-refractivity contribution in [1.82, 2.24) is 4.98 Å². The molecule has 2 rings (SSSR count). The monoisotopic (exact) mass is 374 g/mol. The number of ketones is 1. The SMILES string of the molecule is CC(C)CC(=O)Nc1ccc(C(=O)COC(=O)c2ccnc(Cl)c2)cc1. The molecule has 0 aliphatic heterocycles. The molecule has 1 aromatic carbocycles. The van der Waals surface area contributed by atoms with Crippen molar-refractivity contribution in [1.29, 1.82) is 0 Å². The second-order valence-electron chi connectivity index (χ2n) is 6.09. The molecule has 0 atom stereocenters. The van der Waals surface area contributed by atoms with Crippen LogP contribution in [-0.4, -0.2) is 29.3 Å². The number of esters is 1. The molecule has 1 N–H and O–H groups in total. The molecule has 0 saturated carbocycles. The molecule has 1 aromatic heterocycles. The van der Waals surface area contributed by atoms with Crippen molar-refractivity contribution in [2.45, 2.75) is 20.3 Å². The van der Waals surface area contributed by atoms with Gasteiger partial charge in [0.25, 0.3) is 0 Å². The average Bonchev–Trinajstić information content (AvgIpc) is 2.59. The number of halogens is 1. The van der Waals surface area contributed by atoms with E-state index in [1.165, 1.54) is 18.3 Å². The maximum absolute atomic E-state index is 12.1. The van der Waals surface area contributed by atoms with E-state index in [9.17, 15) is 14.4 Å². The van der Waals surface area contributed by atoms with Gasteiger partial charge in [-0.3, -0.25) is 9.59 Å². The third kappa shape index (κ3) is 5.97. The quantitative estimate of drug-likeness (QED) is 0.453. The van der Waals surface area contributed by atoms with E-state index in [-0.39, 0.29) is 28.3 Å². The Hall–Kier alpha value is -2.73. The highest BCUT2D eigenvalue weighted by molar-refractivity contribution is 6.29. The van der Waals surface area contributed by atoms with Crippen LogP contribution in [0.1, 0.15) is 41.0 Å². The van der Waals surface area contributed by atoms with Gasteiger partial charge in [-0.15, -0.1) is 0 Å². The third-order valence-corrected chi connectivity index (χ3v) is 3.59. The van der Waals surface area contributed by atoms with Gasteiger partial charge in [0.05, 0.1) is 5.56 Å². The van der Waals surface area contributed by atoms with Crippen LogP contribution < -0.4 is 5.32 Å². The highest BCUT2D eigenvalue weighted by Crippen LogP contribution is 2.13. The molecule has 0 radical (unpaired) electrons. The van der Waals surface area contributed by atoms with E-state index in [0.717, 1.165) is 0 Å². The van der Waals surface area contributed by atoms with E-state index in [1.54, 1.807) is 24.3 Å². The fourth-order valence-corrected chi connectivity index (χ4v) is 2.32. The minimum Gasteiger partial charge on any atom is -0.454 e. The number of hydrogen-bond donors (Lipinski definition) is 1. The smallest absolute Gasteiger partial charge is 0.338 e. The lowest BCUT2D eigenvalue weighted by atomic mass is 10.1. The van der Waals surface area contributed by atoms with Crippen molar-refractivity contribution >= 4 is 34.9 Å². The number of benzene rings is 1. The lowest BCUT2D eigenvalue weighted by Crippen LogP contribution is -2.15. The number of Topliss-reactive ketones (excluding diaryl/α,β-unsaturated/α-hetero) is 1. The maximum Gasteiger partial charge on any atom is 0.338 e. The second-order valence-corrected chi connectivity index (χ2v) is 6.48. The Balaban J connectivity index is 1.89. The van der Waals surface area contributed by atoms with Gasteiger partial charge in [-0.2, -0.15) is 0 Å². The van der Waals surface area contributed by atoms with Gasteiger partial charge >= 0.3 is 5.97 Å². The normalized spacial score (nSPS) is 10.5. The van der Waals surface area contributed by atoms with Gasteiger partial charge in [-0.25, -0.2) is 9.78 Å². The third-order valence-electron chi connectivity index (χ3n) is 3.38. The first-order valence-electron chi connectivity index (χ1n) is 8.07. The number of carbonyl (C=O) groups is 3. The maximum atomic E-state index is 12.1. The summed E-state index contributed by atoms with van der Waals surface area (Å²) in [6.45, 7) is 3.53. The zero-order valence-corrected chi connectivity index (χ0v) is 15.2. The Kier molecular flexibility index (Phi) is 6.86. The molecule has 1 amide bonds. The Labute approximate surface area is 156 Å². The van der Waals surface area contributed by atoms with Crippen LogP contribution in [0.25, 0.3) is 0 Å². The molecule has 0 unspecified atom stereocenters. The van der Waals surface area contributed by atoms with Gasteiger partial charge in [0.2, 0.25) is 5.91 Å². The number of amides is 1. The predicted molar refractivity (Wildman–Crippen MR) is 98.4 cm³/mol. The zero-order chi connectivity index (χ0) is 19.1. The number of aromatic nitrogens is 1. The van der Waals surface area contributed by atoms with E-state index in [1.807, 2.05) is 13.8 Å². The van der Waals surface area contributed by atoms with Gasteiger partial charge in [-0.1, -0.05) is 25.4 Å². The van der Waals surface area contributed by atoms with Crippen LogP contribution in [0.4, 0.5) is 5.69 Å². The zero-order valence-electron chi connectivity index (χ0n) is 14.5. The van der Waals surface area contributed by atoms with Gasteiger partial charge in [-0.05, 0) is 42.3 Å². The van der Waals surface area contributed by atoms with Gasteiger partial charge in [0, 0.05) is 23.9 Å². The van der Waals surface area contributed by atoms with E-state index < -0.39 is 12.6 Å². The summed E-state index contributed by atoms with van der Waals surface area (Å²) in [4.78, 5) is 39.5. The number of nitrogens with one attached hydrogen (secondary N) is 1. The molecule has 26 heavy (non-hydrogen) atoms. The topological polar surface area (TPSA) is 85.4 Å². The van der Waals surface area contributed by atoms with Gasteiger partial charge in [0.15, 0.2) is 12.4 Å². The molecule has 0 aliphatic carbocycles. The van der Waals surface area contributed by atoms with Crippen molar-refractivity contribution < 1.29 is 19.1 Å². The number of carbonyl (C=O) groups excluding carboxylic acids is 3. The summed E-state index contributed by atoms with van der Waals surface area (Å²) >= 11 is 5.71. The van der Waals surface area contributed by atoms with Crippen LogP contribution in [0.15, 0.2) is 42.6 Å². The number of nitrogens with zero attached hydrogens (tertiary/aromatic N) is 1. The van der Waals surface area contributed by atoms with E-state index in [0.29, 0.717) is 17.7 Å². The molecule has 0 spiro atoms. The highest BCUT2D eigenvalue weighted by atomic mass is 35.5. The van der Waals surface area contributed by atoms with Crippen molar-refractivity contribution in [3.05, 3.63) is 58.9 Å². The number of ether oxygens (including phenoxy) is 1. The summed E-state index contributed by atoms with van der Waals surface area (Å²) in [6, 6.07) is 9.23. The van der Waals surface area contributed by atoms with Crippen LogP contribution in [0.2, 0.25) is 5.15 Å². The molecule has 1 heterocycles. The van der Waals surface area contributed by atoms with E-state index >= 15 is 0 Å². The molecular weight excluding hydrogens is 356 g/mol. The number of rotatable bonds is 7. The highest BCUT2D eigenvalue weighted by Gasteiger charge is 2.13. The van der Waals surface area contributed by atoms with Crippen LogP contribution in [-0.2, 0) is 9.53 Å². The second kappa shape index (κ2) is 9.10. The number of hydrogen-bond acceptors (Lipinski definition) is 5. The molecule has 0 saturated heterocycles. The average molecular weight is 375 g/mol. The lowest BCUT2D eigenvalue weighted by Gasteiger charge is -2.08. The molecule has 2 aromatic rings. The largest absolute Gasteiger partial charge is 0.454 e. The van der Waals surface area contributed by atoms with Crippen LogP contribution in [0.5, 0.6) is 0 Å². The van der Waals surface area contributed by atoms with Crippen molar-refractivity contribution in [2.24, 2.45) is 5.92 Å². The Morgan fingerprint density at radius 3 is 2.42 bits per heavy atom.